The lowest BCUT2D eigenvalue weighted by molar-refractivity contribution is -0.136. The van der Waals surface area contributed by atoms with E-state index in [1.54, 1.807) is 0 Å². The molecule has 31 heavy (non-hydrogen) atoms. The number of nitrogens with zero attached hydrogens (tertiary/aromatic N) is 4. The highest BCUT2D eigenvalue weighted by atomic mass is 16.2. The second-order valence-corrected chi connectivity index (χ2v) is 8.21. The van der Waals surface area contributed by atoms with E-state index in [1.807, 2.05) is 47.4 Å². The van der Waals surface area contributed by atoms with Crippen LogP contribution in [0.3, 0.4) is 0 Å². The van der Waals surface area contributed by atoms with Crippen molar-refractivity contribution in [3.63, 3.8) is 0 Å². The van der Waals surface area contributed by atoms with E-state index < -0.39 is 0 Å². The van der Waals surface area contributed by atoms with Gasteiger partial charge in [-0.3, -0.25) is 4.79 Å². The van der Waals surface area contributed by atoms with Gasteiger partial charge in [-0.15, -0.1) is 10.2 Å². The number of piperidine rings is 1. The summed E-state index contributed by atoms with van der Waals surface area (Å²) in [6.45, 7) is 7.13. The molecular weight excluding hydrogens is 384 g/mol. The molecule has 0 spiro atoms. The molecule has 1 saturated heterocycles. The molecule has 2 heterocycles. The van der Waals surface area contributed by atoms with Gasteiger partial charge in [0.1, 0.15) is 0 Å². The first-order chi connectivity index (χ1) is 15.2. The molecule has 1 unspecified atom stereocenters. The summed E-state index contributed by atoms with van der Waals surface area (Å²) in [6, 6.07) is 22.5. The minimum Gasteiger partial charge on any atom is -0.354 e. The molecule has 0 bridgehead atoms. The molecule has 0 aliphatic carbocycles. The van der Waals surface area contributed by atoms with E-state index in [0.717, 1.165) is 43.0 Å². The number of carbonyl (C=O) groups excluding carboxylic acids is 1. The fraction of sp³-hybridized carbons (Fsp3) is 0.346. The SMILES string of the molecule is CCN(Cc1ccccc1)C(=O)C1CCCN(c2ccc(-c3ccccc3C)nn2)C1. The molecule has 0 saturated carbocycles. The third-order valence-corrected chi connectivity index (χ3v) is 6.08. The highest BCUT2D eigenvalue weighted by Gasteiger charge is 2.29. The Balaban J connectivity index is 1.44. The zero-order valence-corrected chi connectivity index (χ0v) is 18.4. The Morgan fingerprint density at radius 3 is 2.52 bits per heavy atom. The Hall–Kier alpha value is -3.21. The van der Waals surface area contributed by atoms with E-state index in [0.29, 0.717) is 13.1 Å². The summed E-state index contributed by atoms with van der Waals surface area (Å²) in [5.74, 6) is 1.08. The first-order valence-corrected chi connectivity index (χ1v) is 11.1. The number of carbonyl (C=O) groups is 1. The van der Waals surface area contributed by atoms with Crippen LogP contribution in [0.15, 0.2) is 66.7 Å². The van der Waals surface area contributed by atoms with Crippen LogP contribution in [0.25, 0.3) is 11.3 Å². The van der Waals surface area contributed by atoms with Gasteiger partial charge in [0.25, 0.3) is 0 Å². The van der Waals surface area contributed by atoms with Gasteiger partial charge in [0.15, 0.2) is 5.82 Å². The van der Waals surface area contributed by atoms with E-state index >= 15 is 0 Å². The zero-order chi connectivity index (χ0) is 21.6. The molecule has 1 amide bonds. The Morgan fingerprint density at radius 1 is 1.03 bits per heavy atom. The van der Waals surface area contributed by atoms with Crippen LogP contribution in [-0.2, 0) is 11.3 Å². The molecule has 0 N–H and O–H groups in total. The maximum Gasteiger partial charge on any atom is 0.227 e. The quantitative estimate of drug-likeness (QED) is 0.586. The summed E-state index contributed by atoms with van der Waals surface area (Å²) >= 11 is 0. The average molecular weight is 415 g/mol. The van der Waals surface area contributed by atoms with Crippen LogP contribution in [0.4, 0.5) is 5.82 Å². The molecule has 0 radical (unpaired) electrons. The molecule has 1 aliphatic heterocycles. The first kappa shape index (κ1) is 21.0. The van der Waals surface area contributed by atoms with Crippen molar-refractivity contribution in [2.24, 2.45) is 5.92 Å². The van der Waals surface area contributed by atoms with Crippen molar-refractivity contribution in [1.82, 2.24) is 15.1 Å². The summed E-state index contributed by atoms with van der Waals surface area (Å²) in [6.07, 6.45) is 1.91. The fourth-order valence-corrected chi connectivity index (χ4v) is 4.29. The average Bonchev–Trinajstić information content (AvgIpc) is 2.83. The molecule has 2 aromatic carbocycles. The highest BCUT2D eigenvalue weighted by Crippen LogP contribution is 2.26. The molecule has 1 atom stereocenters. The second kappa shape index (κ2) is 9.73. The van der Waals surface area contributed by atoms with E-state index in [9.17, 15) is 4.79 Å². The largest absolute Gasteiger partial charge is 0.354 e. The Bertz CT molecular complexity index is 1000. The number of hydrogen-bond donors (Lipinski definition) is 0. The van der Waals surface area contributed by atoms with Crippen molar-refractivity contribution in [3.05, 3.63) is 77.9 Å². The van der Waals surface area contributed by atoms with Crippen LogP contribution < -0.4 is 4.90 Å². The van der Waals surface area contributed by atoms with Crippen molar-refractivity contribution in [3.8, 4) is 11.3 Å². The van der Waals surface area contributed by atoms with E-state index in [4.69, 9.17) is 0 Å². The van der Waals surface area contributed by atoms with Crippen LogP contribution in [0, 0.1) is 12.8 Å². The number of hydrogen-bond acceptors (Lipinski definition) is 4. The lowest BCUT2D eigenvalue weighted by Crippen LogP contribution is -2.45. The van der Waals surface area contributed by atoms with Crippen molar-refractivity contribution < 1.29 is 4.79 Å². The monoisotopic (exact) mass is 414 g/mol. The molecule has 160 valence electrons. The number of benzene rings is 2. The van der Waals surface area contributed by atoms with Crippen LogP contribution in [0.2, 0.25) is 0 Å². The standard InChI is InChI=1S/C26H30N4O/c1-3-29(18-21-11-5-4-6-12-21)26(31)22-13-9-17-30(19-22)25-16-15-24(27-28-25)23-14-8-7-10-20(23)2/h4-8,10-12,14-16,22H,3,9,13,17-19H2,1-2H3. The lowest BCUT2D eigenvalue weighted by Gasteiger charge is -2.35. The summed E-state index contributed by atoms with van der Waals surface area (Å²) < 4.78 is 0. The minimum atomic E-state index is -0.00439. The third kappa shape index (κ3) is 4.93. The topological polar surface area (TPSA) is 49.3 Å². The first-order valence-electron chi connectivity index (χ1n) is 11.1. The van der Waals surface area contributed by atoms with Gasteiger partial charge in [-0.05, 0) is 49.9 Å². The molecule has 3 aromatic rings. The zero-order valence-electron chi connectivity index (χ0n) is 18.4. The van der Waals surface area contributed by atoms with E-state index in [-0.39, 0.29) is 11.8 Å². The number of aryl methyl sites for hydroxylation is 1. The number of rotatable bonds is 6. The number of anilines is 1. The van der Waals surface area contributed by atoms with Gasteiger partial charge < -0.3 is 9.80 Å². The van der Waals surface area contributed by atoms with Crippen molar-refractivity contribution >= 4 is 11.7 Å². The van der Waals surface area contributed by atoms with Crippen LogP contribution in [0.1, 0.15) is 30.9 Å². The predicted molar refractivity (Wildman–Crippen MR) is 125 cm³/mol. The van der Waals surface area contributed by atoms with Gasteiger partial charge in [0, 0.05) is 31.7 Å². The molecule has 1 aliphatic rings. The summed E-state index contributed by atoms with van der Waals surface area (Å²) in [5.41, 5.74) is 4.34. The molecule has 5 heteroatoms. The minimum absolute atomic E-state index is 0.00439. The van der Waals surface area contributed by atoms with Gasteiger partial charge in [-0.1, -0.05) is 54.6 Å². The molecular formula is C26H30N4O. The smallest absolute Gasteiger partial charge is 0.227 e. The molecule has 4 rings (SSSR count). The van der Waals surface area contributed by atoms with E-state index in [1.165, 1.54) is 11.1 Å². The van der Waals surface area contributed by atoms with Crippen LogP contribution >= 0.6 is 0 Å². The Kier molecular flexibility index (Phi) is 6.60. The fourth-order valence-electron chi connectivity index (χ4n) is 4.29. The predicted octanol–water partition coefficient (Wildman–Crippen LogP) is 4.72. The Labute approximate surface area is 184 Å². The normalized spacial score (nSPS) is 16.2. The lowest BCUT2D eigenvalue weighted by atomic mass is 9.96. The van der Waals surface area contributed by atoms with Crippen molar-refractivity contribution in [1.29, 1.82) is 0 Å². The van der Waals surface area contributed by atoms with Crippen molar-refractivity contribution in [2.45, 2.75) is 33.2 Å². The van der Waals surface area contributed by atoms with Gasteiger partial charge in [-0.25, -0.2) is 0 Å². The maximum atomic E-state index is 13.3. The summed E-state index contributed by atoms with van der Waals surface area (Å²) in [4.78, 5) is 17.4. The van der Waals surface area contributed by atoms with Crippen LogP contribution in [-0.4, -0.2) is 40.6 Å². The van der Waals surface area contributed by atoms with Gasteiger partial charge >= 0.3 is 0 Å². The highest BCUT2D eigenvalue weighted by molar-refractivity contribution is 5.79. The van der Waals surface area contributed by atoms with Crippen LogP contribution in [0.5, 0.6) is 0 Å². The maximum absolute atomic E-state index is 13.3. The second-order valence-electron chi connectivity index (χ2n) is 8.21. The number of aromatic nitrogens is 2. The van der Waals surface area contributed by atoms with Gasteiger partial charge in [0.05, 0.1) is 11.6 Å². The van der Waals surface area contributed by atoms with E-state index in [2.05, 4.69) is 53.2 Å². The van der Waals surface area contributed by atoms with Gasteiger partial charge in [-0.2, -0.15) is 0 Å². The third-order valence-electron chi connectivity index (χ3n) is 6.08. The molecule has 5 nitrogen and oxygen atoms in total. The number of amides is 1. The van der Waals surface area contributed by atoms with Gasteiger partial charge in [0.2, 0.25) is 5.91 Å². The Morgan fingerprint density at radius 2 is 1.81 bits per heavy atom. The molecule has 1 fully saturated rings. The summed E-state index contributed by atoms with van der Waals surface area (Å²) in [7, 11) is 0. The van der Waals surface area contributed by atoms with Crippen molar-refractivity contribution in [2.75, 3.05) is 24.5 Å². The summed E-state index contributed by atoms with van der Waals surface area (Å²) in [5, 5.41) is 8.97. The molecule has 1 aromatic heterocycles.